The highest BCUT2D eigenvalue weighted by molar-refractivity contribution is 5.81. The minimum absolute atomic E-state index is 0.0385. The molecule has 0 saturated carbocycles. The number of aryl methyl sites for hydroxylation is 1. The zero-order valence-corrected chi connectivity index (χ0v) is 10.0. The van der Waals surface area contributed by atoms with Gasteiger partial charge in [-0.3, -0.25) is 4.79 Å². The van der Waals surface area contributed by atoms with E-state index in [1.165, 1.54) is 0 Å². The number of carbonyl (C=O) groups is 1. The molecule has 0 spiro atoms. The lowest BCUT2D eigenvalue weighted by atomic mass is 10.1. The minimum atomic E-state index is -0.415. The van der Waals surface area contributed by atoms with Gasteiger partial charge in [0, 0.05) is 6.54 Å². The number of carbonyl (C=O) groups excluding carboxylic acids is 1. The van der Waals surface area contributed by atoms with Crippen LogP contribution in [0.5, 0.6) is 5.75 Å². The number of nitrogen functional groups attached to an aromatic ring is 1. The first kappa shape index (κ1) is 11.8. The molecule has 1 heterocycles. The van der Waals surface area contributed by atoms with Crippen molar-refractivity contribution in [1.82, 2.24) is 5.32 Å². The molecule has 0 aliphatic carbocycles. The van der Waals surface area contributed by atoms with Gasteiger partial charge in [0.2, 0.25) is 0 Å². The third kappa shape index (κ3) is 2.90. The molecule has 3 N–H and O–H groups in total. The highest BCUT2D eigenvalue weighted by Crippen LogP contribution is 2.25. The van der Waals surface area contributed by atoms with Crippen molar-refractivity contribution >= 4 is 11.6 Å². The van der Waals surface area contributed by atoms with Crippen molar-refractivity contribution < 1.29 is 9.53 Å². The molecule has 1 aliphatic rings. The maximum atomic E-state index is 11.7. The van der Waals surface area contributed by atoms with Crippen LogP contribution in [-0.4, -0.2) is 18.6 Å². The first-order chi connectivity index (χ1) is 8.16. The van der Waals surface area contributed by atoms with E-state index in [-0.39, 0.29) is 5.91 Å². The van der Waals surface area contributed by atoms with Crippen LogP contribution in [0.2, 0.25) is 0 Å². The van der Waals surface area contributed by atoms with E-state index in [9.17, 15) is 4.79 Å². The van der Waals surface area contributed by atoms with E-state index in [0.717, 1.165) is 31.4 Å². The van der Waals surface area contributed by atoms with Gasteiger partial charge in [-0.05, 0) is 43.9 Å². The van der Waals surface area contributed by atoms with E-state index in [1.54, 1.807) is 6.07 Å². The third-order valence-corrected chi connectivity index (χ3v) is 2.92. The fraction of sp³-hybridized carbons (Fsp3) is 0.462. The van der Waals surface area contributed by atoms with Crippen LogP contribution in [0.3, 0.4) is 0 Å². The van der Waals surface area contributed by atoms with E-state index in [2.05, 4.69) is 5.32 Å². The van der Waals surface area contributed by atoms with Crippen LogP contribution in [0.25, 0.3) is 0 Å². The number of nitrogens with one attached hydrogen (secondary N) is 1. The van der Waals surface area contributed by atoms with Crippen LogP contribution in [-0.2, 0) is 4.79 Å². The summed E-state index contributed by atoms with van der Waals surface area (Å²) >= 11 is 0. The Morgan fingerprint density at radius 2 is 2.24 bits per heavy atom. The Labute approximate surface area is 101 Å². The number of anilines is 1. The largest absolute Gasteiger partial charge is 0.478 e. The van der Waals surface area contributed by atoms with E-state index >= 15 is 0 Å². The first-order valence-electron chi connectivity index (χ1n) is 5.97. The number of hydrogen-bond donors (Lipinski definition) is 2. The molecule has 1 unspecified atom stereocenters. The Balaban J connectivity index is 2.13. The predicted octanol–water partition coefficient (Wildman–Crippen LogP) is 1.62. The lowest BCUT2D eigenvalue weighted by Gasteiger charge is -2.17. The average molecular weight is 234 g/mol. The maximum absolute atomic E-state index is 11.7. The number of hydrogen-bond acceptors (Lipinski definition) is 3. The van der Waals surface area contributed by atoms with Gasteiger partial charge in [0.25, 0.3) is 5.91 Å². The second-order valence-electron chi connectivity index (χ2n) is 4.43. The summed E-state index contributed by atoms with van der Waals surface area (Å²) in [6.45, 7) is 2.71. The Morgan fingerprint density at radius 3 is 3.06 bits per heavy atom. The summed E-state index contributed by atoms with van der Waals surface area (Å²) in [5, 5.41) is 2.84. The second-order valence-corrected chi connectivity index (χ2v) is 4.43. The third-order valence-electron chi connectivity index (χ3n) is 2.92. The molecule has 1 aromatic carbocycles. The number of rotatable bonds is 2. The topological polar surface area (TPSA) is 64.3 Å². The summed E-state index contributed by atoms with van der Waals surface area (Å²) < 4.78 is 5.72. The summed E-state index contributed by atoms with van der Waals surface area (Å²) in [5.41, 5.74) is 7.48. The van der Waals surface area contributed by atoms with Gasteiger partial charge in [-0.1, -0.05) is 6.07 Å². The van der Waals surface area contributed by atoms with Crippen molar-refractivity contribution in [2.45, 2.75) is 32.3 Å². The zero-order valence-electron chi connectivity index (χ0n) is 10.0. The van der Waals surface area contributed by atoms with Crippen LogP contribution >= 0.6 is 0 Å². The summed E-state index contributed by atoms with van der Waals surface area (Å²) in [7, 11) is 0. The monoisotopic (exact) mass is 234 g/mol. The molecule has 4 heteroatoms. The van der Waals surface area contributed by atoms with Gasteiger partial charge in [0.15, 0.2) is 6.10 Å². The van der Waals surface area contributed by atoms with Gasteiger partial charge >= 0.3 is 0 Å². The molecule has 0 aromatic heterocycles. The molecule has 2 rings (SSSR count). The van der Waals surface area contributed by atoms with Crippen molar-refractivity contribution in [1.29, 1.82) is 0 Å². The fourth-order valence-corrected chi connectivity index (χ4v) is 1.92. The van der Waals surface area contributed by atoms with Crippen molar-refractivity contribution in [3.63, 3.8) is 0 Å². The summed E-state index contributed by atoms with van der Waals surface area (Å²) in [6.07, 6.45) is 2.34. The van der Waals surface area contributed by atoms with E-state index in [0.29, 0.717) is 11.4 Å². The molecule has 92 valence electrons. The first-order valence-corrected chi connectivity index (χ1v) is 5.97. The van der Waals surface area contributed by atoms with E-state index in [1.807, 2.05) is 19.1 Å². The van der Waals surface area contributed by atoms with Gasteiger partial charge < -0.3 is 15.8 Å². The Bertz CT molecular complexity index is 418. The highest BCUT2D eigenvalue weighted by atomic mass is 16.5. The molecule has 1 amide bonds. The van der Waals surface area contributed by atoms with Gasteiger partial charge in [-0.15, -0.1) is 0 Å². The number of benzene rings is 1. The lowest BCUT2D eigenvalue weighted by Crippen LogP contribution is -2.36. The van der Waals surface area contributed by atoms with Crippen LogP contribution < -0.4 is 15.8 Å². The van der Waals surface area contributed by atoms with Crippen LogP contribution in [0.4, 0.5) is 5.69 Å². The highest BCUT2D eigenvalue weighted by Gasteiger charge is 2.22. The second kappa shape index (κ2) is 5.08. The van der Waals surface area contributed by atoms with Crippen molar-refractivity contribution in [3.8, 4) is 5.75 Å². The summed E-state index contributed by atoms with van der Waals surface area (Å²) in [4.78, 5) is 11.7. The average Bonchev–Trinajstić information content (AvgIpc) is 2.50. The number of amides is 1. The SMILES string of the molecule is Cc1ccc(N)c(OC2CCCCNC2=O)c1. The fourth-order valence-electron chi connectivity index (χ4n) is 1.92. The molecule has 0 bridgehead atoms. The Morgan fingerprint density at radius 1 is 1.41 bits per heavy atom. The molecule has 1 fully saturated rings. The van der Waals surface area contributed by atoms with Gasteiger partial charge in [0.05, 0.1) is 5.69 Å². The molecular weight excluding hydrogens is 216 g/mol. The normalized spacial score (nSPS) is 20.5. The van der Waals surface area contributed by atoms with Crippen molar-refractivity contribution in [2.24, 2.45) is 0 Å². The standard InChI is InChI=1S/C13H18N2O2/c1-9-5-6-10(14)12(8-9)17-11-4-2-3-7-15-13(11)16/h5-6,8,11H,2-4,7,14H2,1H3,(H,15,16). The summed E-state index contributed by atoms with van der Waals surface area (Å²) in [5.74, 6) is 0.565. The van der Waals surface area contributed by atoms with Gasteiger partial charge in [0.1, 0.15) is 5.75 Å². The molecule has 0 radical (unpaired) electrons. The minimum Gasteiger partial charge on any atom is -0.478 e. The van der Waals surface area contributed by atoms with Crippen molar-refractivity contribution in [3.05, 3.63) is 23.8 Å². The maximum Gasteiger partial charge on any atom is 0.261 e. The molecule has 1 aliphatic heterocycles. The smallest absolute Gasteiger partial charge is 0.261 e. The van der Waals surface area contributed by atoms with Gasteiger partial charge in [-0.25, -0.2) is 0 Å². The number of ether oxygens (including phenoxy) is 1. The van der Waals surface area contributed by atoms with E-state index in [4.69, 9.17) is 10.5 Å². The van der Waals surface area contributed by atoms with Crippen LogP contribution in [0, 0.1) is 6.92 Å². The number of nitrogens with two attached hydrogens (primary N) is 1. The molecule has 4 nitrogen and oxygen atoms in total. The van der Waals surface area contributed by atoms with Crippen LogP contribution in [0.1, 0.15) is 24.8 Å². The quantitative estimate of drug-likeness (QED) is 0.764. The molecule has 1 saturated heterocycles. The molecular formula is C13H18N2O2. The van der Waals surface area contributed by atoms with E-state index < -0.39 is 6.10 Å². The predicted molar refractivity (Wildman–Crippen MR) is 66.9 cm³/mol. The lowest BCUT2D eigenvalue weighted by molar-refractivity contribution is -0.127. The Kier molecular flexibility index (Phi) is 3.52. The zero-order chi connectivity index (χ0) is 12.3. The van der Waals surface area contributed by atoms with Crippen LogP contribution in [0.15, 0.2) is 18.2 Å². The molecule has 1 atom stereocenters. The molecule has 1 aromatic rings. The summed E-state index contributed by atoms with van der Waals surface area (Å²) in [6, 6.07) is 5.60. The molecule has 17 heavy (non-hydrogen) atoms. The van der Waals surface area contributed by atoms with Crippen molar-refractivity contribution in [2.75, 3.05) is 12.3 Å². The Hall–Kier alpha value is -1.71. The van der Waals surface area contributed by atoms with Gasteiger partial charge in [-0.2, -0.15) is 0 Å².